The number of hydrogen-bond acceptors (Lipinski definition) is 1. The van der Waals surface area contributed by atoms with Gasteiger partial charge < -0.3 is 9.47 Å². The van der Waals surface area contributed by atoms with E-state index in [0.717, 1.165) is 33.8 Å². The zero-order valence-electron chi connectivity index (χ0n) is 36.8. The van der Waals surface area contributed by atoms with Gasteiger partial charge in [-0.1, -0.05) is 224 Å². The first kappa shape index (κ1) is 38.7. The summed E-state index contributed by atoms with van der Waals surface area (Å²) in [5, 5.41) is 4.89. The first-order valence-corrected chi connectivity index (χ1v) is 23.2. The van der Waals surface area contributed by atoms with Gasteiger partial charge in [0.05, 0.1) is 22.1 Å². The van der Waals surface area contributed by atoms with Crippen LogP contribution in [0.1, 0.15) is 22.3 Å². The summed E-state index contributed by atoms with van der Waals surface area (Å²) < 4.78 is 2.49. The molecule has 0 fully saturated rings. The molecule has 1 heterocycles. The summed E-state index contributed by atoms with van der Waals surface area (Å²) in [6.07, 6.45) is 0. The van der Waals surface area contributed by atoms with Crippen molar-refractivity contribution in [3.63, 3.8) is 0 Å². The molecule has 0 amide bonds. The van der Waals surface area contributed by atoms with Crippen LogP contribution in [0, 0.1) is 0 Å². The smallest absolute Gasteiger partial charge is 0.0714 e. The lowest BCUT2D eigenvalue weighted by Crippen LogP contribution is -2.28. The molecule has 0 unspecified atom stereocenters. The number of anilines is 3. The summed E-state index contributed by atoms with van der Waals surface area (Å²) in [7, 11) is 0. The second-order valence-corrected chi connectivity index (χ2v) is 17.6. The van der Waals surface area contributed by atoms with Crippen LogP contribution < -0.4 is 4.90 Å². The van der Waals surface area contributed by atoms with Crippen LogP contribution in [0.3, 0.4) is 0 Å². The minimum absolute atomic E-state index is 0.543. The number of rotatable bonds is 8. The van der Waals surface area contributed by atoms with E-state index in [1.54, 1.807) is 0 Å². The van der Waals surface area contributed by atoms with E-state index in [-0.39, 0.29) is 0 Å². The quantitative estimate of drug-likeness (QED) is 0.148. The minimum Gasteiger partial charge on any atom is -0.310 e. The van der Waals surface area contributed by atoms with Crippen molar-refractivity contribution in [2.75, 3.05) is 4.90 Å². The lowest BCUT2D eigenvalue weighted by molar-refractivity contribution is 0.768. The predicted octanol–water partition coefficient (Wildman–Crippen LogP) is 17.1. The van der Waals surface area contributed by atoms with Crippen molar-refractivity contribution in [2.24, 2.45) is 0 Å². The summed E-state index contributed by atoms with van der Waals surface area (Å²) in [6.45, 7) is 0. The van der Waals surface area contributed by atoms with Gasteiger partial charge in [-0.05, 0) is 97.9 Å². The maximum atomic E-state index is 2.49. The largest absolute Gasteiger partial charge is 0.310 e. The van der Waals surface area contributed by atoms with Gasteiger partial charge in [0.1, 0.15) is 0 Å². The van der Waals surface area contributed by atoms with Crippen molar-refractivity contribution in [3.05, 3.63) is 289 Å². The van der Waals surface area contributed by atoms with E-state index in [9.17, 15) is 0 Å². The number of fused-ring (bicyclic) bond motifs is 8. The lowest BCUT2D eigenvalue weighted by atomic mass is 9.67. The molecule has 1 aromatic heterocycles. The average Bonchev–Trinajstić information content (AvgIpc) is 3.90. The van der Waals surface area contributed by atoms with Crippen molar-refractivity contribution in [2.45, 2.75) is 5.41 Å². The van der Waals surface area contributed by atoms with Gasteiger partial charge in [-0.25, -0.2) is 0 Å². The van der Waals surface area contributed by atoms with Crippen LogP contribution in [-0.4, -0.2) is 4.57 Å². The maximum Gasteiger partial charge on any atom is 0.0714 e. The van der Waals surface area contributed by atoms with Crippen LogP contribution in [0.15, 0.2) is 267 Å². The number of nitrogens with zero attached hydrogens (tertiary/aromatic N) is 2. The van der Waals surface area contributed by atoms with E-state index >= 15 is 0 Å². The van der Waals surface area contributed by atoms with Crippen molar-refractivity contribution >= 4 is 49.6 Å². The molecule has 12 aromatic rings. The predicted molar refractivity (Wildman–Crippen MR) is 281 cm³/mol. The topological polar surface area (TPSA) is 8.17 Å². The Morgan fingerprint density at radius 1 is 0.328 bits per heavy atom. The fourth-order valence-electron chi connectivity index (χ4n) is 11.1. The molecule has 11 aromatic carbocycles. The molecule has 2 heteroatoms. The molecule has 2 nitrogen and oxygen atoms in total. The molecule has 13 rings (SSSR count). The summed E-state index contributed by atoms with van der Waals surface area (Å²) >= 11 is 0. The molecule has 0 radical (unpaired) electrons. The number of hydrogen-bond donors (Lipinski definition) is 0. The molecule has 0 aliphatic heterocycles. The third-order valence-electron chi connectivity index (χ3n) is 14.1. The van der Waals surface area contributed by atoms with Crippen molar-refractivity contribution in [1.29, 1.82) is 0 Å². The van der Waals surface area contributed by atoms with E-state index in [0.29, 0.717) is 0 Å². The first-order chi connectivity index (χ1) is 33.3. The molecule has 67 heavy (non-hydrogen) atoms. The molecule has 0 N–H and O–H groups in total. The van der Waals surface area contributed by atoms with Crippen LogP contribution in [0.25, 0.3) is 71.6 Å². The number of benzene rings is 11. The molecule has 0 spiro atoms. The van der Waals surface area contributed by atoms with Crippen LogP contribution in [0.2, 0.25) is 0 Å². The highest BCUT2D eigenvalue weighted by molar-refractivity contribution is 6.19. The van der Waals surface area contributed by atoms with Gasteiger partial charge in [-0.15, -0.1) is 0 Å². The van der Waals surface area contributed by atoms with E-state index in [2.05, 4.69) is 276 Å². The van der Waals surface area contributed by atoms with E-state index < -0.39 is 5.41 Å². The minimum atomic E-state index is -0.543. The third kappa shape index (κ3) is 6.11. The molecule has 0 bridgehead atoms. The Kier molecular flexibility index (Phi) is 9.11. The van der Waals surface area contributed by atoms with E-state index in [4.69, 9.17) is 0 Å². The Balaban J connectivity index is 1.10. The van der Waals surface area contributed by atoms with E-state index in [1.807, 2.05) is 0 Å². The van der Waals surface area contributed by atoms with Gasteiger partial charge in [0.25, 0.3) is 0 Å². The van der Waals surface area contributed by atoms with Crippen molar-refractivity contribution in [1.82, 2.24) is 4.57 Å². The summed E-state index contributed by atoms with van der Waals surface area (Å²) in [5.41, 5.74) is 18.5. The number of para-hydroxylation sites is 1. The summed E-state index contributed by atoms with van der Waals surface area (Å²) in [4.78, 5) is 2.49. The van der Waals surface area contributed by atoms with Crippen LogP contribution >= 0.6 is 0 Å². The molecule has 1 aliphatic carbocycles. The van der Waals surface area contributed by atoms with Crippen molar-refractivity contribution < 1.29 is 0 Å². The average molecular weight is 853 g/mol. The zero-order valence-corrected chi connectivity index (χ0v) is 36.8. The Morgan fingerprint density at radius 2 is 0.866 bits per heavy atom. The zero-order chi connectivity index (χ0) is 44.3. The highest BCUT2D eigenvalue weighted by Crippen LogP contribution is 2.57. The fraction of sp³-hybridized carbons (Fsp3) is 0.0154. The van der Waals surface area contributed by atoms with Crippen LogP contribution in [0.4, 0.5) is 17.1 Å². The van der Waals surface area contributed by atoms with Crippen LogP contribution in [0.5, 0.6) is 0 Å². The summed E-state index contributed by atoms with van der Waals surface area (Å²) in [6, 6.07) is 98.2. The second-order valence-electron chi connectivity index (χ2n) is 17.6. The molecule has 314 valence electrons. The van der Waals surface area contributed by atoms with Crippen molar-refractivity contribution in [3.8, 4) is 39.1 Å². The molecular formula is C65H44N2. The first-order valence-electron chi connectivity index (χ1n) is 23.2. The van der Waals surface area contributed by atoms with Gasteiger partial charge in [0, 0.05) is 38.8 Å². The highest BCUT2D eigenvalue weighted by atomic mass is 15.1. The molecular weight excluding hydrogens is 809 g/mol. The summed E-state index contributed by atoms with van der Waals surface area (Å²) in [5.74, 6) is 0. The van der Waals surface area contributed by atoms with Crippen LogP contribution in [-0.2, 0) is 5.41 Å². The highest BCUT2D eigenvalue weighted by Gasteiger charge is 2.46. The molecule has 0 saturated carbocycles. The number of aromatic nitrogens is 1. The second kappa shape index (κ2) is 15.8. The monoisotopic (exact) mass is 852 g/mol. The molecule has 0 saturated heterocycles. The normalized spacial score (nSPS) is 12.6. The Morgan fingerprint density at radius 3 is 1.60 bits per heavy atom. The maximum absolute atomic E-state index is 2.49. The Labute approximate surface area is 390 Å². The Hall–Kier alpha value is -8.72. The van der Waals surface area contributed by atoms with Gasteiger partial charge in [-0.2, -0.15) is 0 Å². The van der Waals surface area contributed by atoms with Gasteiger partial charge in [-0.3, -0.25) is 0 Å². The molecule has 1 aliphatic rings. The molecule has 0 atom stereocenters. The van der Waals surface area contributed by atoms with E-state index in [1.165, 1.54) is 77.1 Å². The fourth-order valence-corrected chi connectivity index (χ4v) is 11.1. The lowest BCUT2D eigenvalue weighted by Gasteiger charge is -2.35. The SMILES string of the molecule is c1ccc(-c2ccc(-n3c4cc(N(c5ccc6c(c5)C(c5ccccc5)(c5ccccc5)c5ccccc5-6)c5ccccc5-c5ccccc5)ccc4c4ccc5ccccc5c43)cc2)cc1. The standard InChI is InChI=1S/C65H44N2/c1-5-19-45(20-6-1)46-33-36-51(37-34-46)67-63-44-53(39-42-58(63)59-40-35-48-23-13-14-29-55(48)64(59)67)66(62-32-18-16-28-54(62)47-21-7-2-8-22-47)52-38-41-57-56-30-15-17-31-60(56)65(61(57)43-52,49-24-9-3-10-25-49)50-26-11-4-12-27-50/h1-44H. The van der Waals surface area contributed by atoms with Gasteiger partial charge in [0.15, 0.2) is 0 Å². The third-order valence-corrected chi connectivity index (χ3v) is 14.1. The van der Waals surface area contributed by atoms with Gasteiger partial charge >= 0.3 is 0 Å². The van der Waals surface area contributed by atoms with Gasteiger partial charge in [0.2, 0.25) is 0 Å². The Bertz CT molecular complexity index is 3740.